The van der Waals surface area contributed by atoms with Crippen LogP contribution in [0, 0.1) is 12.7 Å². The van der Waals surface area contributed by atoms with Gasteiger partial charge in [0.05, 0.1) is 11.9 Å². The second-order valence-electron chi connectivity index (χ2n) is 4.53. The van der Waals surface area contributed by atoms with Gasteiger partial charge in [-0.05, 0) is 30.7 Å². The molecule has 0 atom stereocenters. The Labute approximate surface area is 129 Å². The van der Waals surface area contributed by atoms with Crippen LogP contribution in [0.5, 0.6) is 0 Å². The van der Waals surface area contributed by atoms with Gasteiger partial charge in [-0.3, -0.25) is 15.1 Å². The molecular formula is C15H11FN4OS. The van der Waals surface area contributed by atoms with Crippen LogP contribution in [-0.4, -0.2) is 20.9 Å². The van der Waals surface area contributed by atoms with Gasteiger partial charge in [0.25, 0.3) is 5.91 Å². The van der Waals surface area contributed by atoms with Crippen molar-refractivity contribution in [3.63, 3.8) is 0 Å². The van der Waals surface area contributed by atoms with Crippen LogP contribution in [0.15, 0.2) is 42.0 Å². The summed E-state index contributed by atoms with van der Waals surface area (Å²) in [5.74, 6) is -0.889. The monoisotopic (exact) mass is 314 g/mol. The largest absolute Gasteiger partial charge is 0.296 e. The molecule has 110 valence electrons. The van der Waals surface area contributed by atoms with E-state index in [4.69, 9.17) is 0 Å². The summed E-state index contributed by atoms with van der Waals surface area (Å²) in [6.45, 7) is 1.63. The smallest absolute Gasteiger partial charge is 0.276 e. The molecule has 5 nitrogen and oxygen atoms in total. The Kier molecular flexibility index (Phi) is 3.88. The van der Waals surface area contributed by atoms with Gasteiger partial charge in [-0.15, -0.1) is 11.3 Å². The number of carbonyl (C=O) groups is 1. The lowest BCUT2D eigenvalue weighted by Gasteiger charge is -2.04. The van der Waals surface area contributed by atoms with Gasteiger partial charge in [0.1, 0.15) is 17.2 Å². The minimum Gasteiger partial charge on any atom is -0.296 e. The van der Waals surface area contributed by atoms with Crippen LogP contribution in [-0.2, 0) is 0 Å². The summed E-state index contributed by atoms with van der Waals surface area (Å²) in [5.41, 5.74) is 2.06. The van der Waals surface area contributed by atoms with Crippen molar-refractivity contribution in [1.82, 2.24) is 15.0 Å². The van der Waals surface area contributed by atoms with Crippen molar-refractivity contribution in [2.45, 2.75) is 6.92 Å². The Bertz CT molecular complexity index is 819. The fourth-order valence-corrected chi connectivity index (χ4v) is 2.60. The number of rotatable bonds is 3. The first-order chi connectivity index (χ1) is 10.6. The van der Waals surface area contributed by atoms with E-state index in [0.717, 1.165) is 11.9 Å². The molecule has 0 saturated heterocycles. The Balaban J connectivity index is 1.79. The fourth-order valence-electron chi connectivity index (χ4n) is 1.90. The Hall–Kier alpha value is -2.67. The first kappa shape index (κ1) is 14.3. The molecule has 3 aromatic rings. The Morgan fingerprint density at radius 1 is 1.27 bits per heavy atom. The number of aromatic nitrogens is 3. The third-order valence-corrected chi connectivity index (χ3v) is 3.67. The van der Waals surface area contributed by atoms with Gasteiger partial charge in [-0.1, -0.05) is 6.07 Å². The highest BCUT2D eigenvalue weighted by atomic mass is 32.1. The number of nitrogens with zero attached hydrogens (tertiary/aromatic N) is 3. The van der Waals surface area contributed by atoms with E-state index in [1.807, 2.05) is 23.6 Å². The first-order valence-corrected chi connectivity index (χ1v) is 7.32. The summed E-state index contributed by atoms with van der Waals surface area (Å²) in [6, 6.07) is 6.79. The van der Waals surface area contributed by atoms with Gasteiger partial charge in [0.15, 0.2) is 5.13 Å². The molecule has 3 rings (SSSR count). The van der Waals surface area contributed by atoms with Gasteiger partial charge < -0.3 is 0 Å². The fraction of sp³-hybridized carbons (Fsp3) is 0.0667. The standard InChI is InChI=1S/C15H11FN4OS/c1-9-6-10(16)7-18-13(9)14(21)20-15-19-12(8-22-15)11-4-2-3-5-17-11/h2-8H,1H3,(H,19,20,21). The molecule has 1 N–H and O–H groups in total. The molecule has 0 aliphatic carbocycles. The highest BCUT2D eigenvalue weighted by molar-refractivity contribution is 7.14. The minimum absolute atomic E-state index is 0.177. The number of amides is 1. The molecule has 22 heavy (non-hydrogen) atoms. The molecule has 3 aromatic heterocycles. The molecule has 7 heteroatoms. The molecule has 0 unspecified atom stereocenters. The van der Waals surface area contributed by atoms with Crippen molar-refractivity contribution >= 4 is 22.4 Å². The third kappa shape index (κ3) is 2.99. The number of aryl methyl sites for hydroxylation is 1. The van der Waals surface area contributed by atoms with Crippen molar-refractivity contribution in [3.05, 3.63) is 59.1 Å². The van der Waals surface area contributed by atoms with E-state index in [-0.39, 0.29) is 5.69 Å². The highest BCUT2D eigenvalue weighted by Gasteiger charge is 2.14. The zero-order valence-electron chi connectivity index (χ0n) is 11.6. The van der Waals surface area contributed by atoms with Crippen molar-refractivity contribution < 1.29 is 9.18 Å². The molecule has 0 radical (unpaired) electrons. The number of halogens is 1. The van der Waals surface area contributed by atoms with Gasteiger partial charge in [-0.25, -0.2) is 14.4 Å². The van der Waals surface area contributed by atoms with Crippen molar-refractivity contribution in [1.29, 1.82) is 0 Å². The maximum atomic E-state index is 13.0. The second-order valence-corrected chi connectivity index (χ2v) is 5.38. The molecule has 0 aliphatic heterocycles. The lowest BCUT2D eigenvalue weighted by Crippen LogP contribution is -2.15. The van der Waals surface area contributed by atoms with Gasteiger partial charge >= 0.3 is 0 Å². The maximum Gasteiger partial charge on any atom is 0.276 e. The molecule has 1 amide bonds. The molecule has 0 fully saturated rings. The SMILES string of the molecule is Cc1cc(F)cnc1C(=O)Nc1nc(-c2ccccn2)cs1. The zero-order chi connectivity index (χ0) is 15.5. The molecule has 0 bridgehead atoms. The van der Waals surface area contributed by atoms with Gasteiger partial charge in [-0.2, -0.15) is 0 Å². The van der Waals surface area contributed by atoms with Crippen LogP contribution in [0.3, 0.4) is 0 Å². The van der Waals surface area contributed by atoms with Crippen molar-refractivity contribution in [3.8, 4) is 11.4 Å². The normalized spacial score (nSPS) is 10.5. The number of anilines is 1. The number of hydrogen-bond donors (Lipinski definition) is 1. The van der Waals surface area contributed by atoms with Crippen molar-refractivity contribution in [2.24, 2.45) is 0 Å². The van der Waals surface area contributed by atoms with Gasteiger partial charge in [0, 0.05) is 11.6 Å². The van der Waals surface area contributed by atoms with E-state index >= 15 is 0 Å². The summed E-state index contributed by atoms with van der Waals surface area (Å²) < 4.78 is 13.0. The Morgan fingerprint density at radius 3 is 2.86 bits per heavy atom. The molecular weight excluding hydrogens is 303 g/mol. The van der Waals surface area contributed by atoms with Crippen LogP contribution in [0.1, 0.15) is 16.1 Å². The number of pyridine rings is 2. The van der Waals surface area contributed by atoms with E-state index in [9.17, 15) is 9.18 Å². The lowest BCUT2D eigenvalue weighted by molar-refractivity contribution is 0.102. The average Bonchev–Trinajstić information content (AvgIpc) is 2.96. The van der Waals surface area contributed by atoms with Crippen LogP contribution >= 0.6 is 11.3 Å². The van der Waals surface area contributed by atoms with E-state index in [1.54, 1.807) is 13.1 Å². The second kappa shape index (κ2) is 5.98. The quantitative estimate of drug-likeness (QED) is 0.805. The topological polar surface area (TPSA) is 67.8 Å². The van der Waals surface area contributed by atoms with Crippen LogP contribution < -0.4 is 5.32 Å². The highest BCUT2D eigenvalue weighted by Crippen LogP contribution is 2.23. The molecule has 0 aromatic carbocycles. The van der Waals surface area contributed by atoms with E-state index in [0.29, 0.717) is 16.4 Å². The zero-order valence-corrected chi connectivity index (χ0v) is 12.4. The summed E-state index contributed by atoms with van der Waals surface area (Å²) in [7, 11) is 0. The molecule has 0 aliphatic rings. The van der Waals surface area contributed by atoms with Crippen LogP contribution in [0.25, 0.3) is 11.4 Å². The van der Waals surface area contributed by atoms with E-state index in [1.165, 1.54) is 17.4 Å². The van der Waals surface area contributed by atoms with Crippen LogP contribution in [0.2, 0.25) is 0 Å². The summed E-state index contributed by atoms with van der Waals surface area (Å²) in [6.07, 6.45) is 2.70. The number of hydrogen-bond acceptors (Lipinski definition) is 5. The first-order valence-electron chi connectivity index (χ1n) is 6.44. The lowest BCUT2D eigenvalue weighted by atomic mass is 10.2. The molecule has 3 heterocycles. The van der Waals surface area contributed by atoms with Gasteiger partial charge in [0.2, 0.25) is 0 Å². The summed E-state index contributed by atoms with van der Waals surface area (Å²) in [5, 5.41) is 4.91. The summed E-state index contributed by atoms with van der Waals surface area (Å²) in [4.78, 5) is 24.5. The van der Waals surface area contributed by atoms with Crippen molar-refractivity contribution in [2.75, 3.05) is 5.32 Å². The Morgan fingerprint density at radius 2 is 2.14 bits per heavy atom. The number of nitrogens with one attached hydrogen (secondary N) is 1. The maximum absolute atomic E-state index is 13.0. The predicted octanol–water partition coefficient (Wildman–Crippen LogP) is 3.30. The predicted molar refractivity (Wildman–Crippen MR) is 82.2 cm³/mol. The summed E-state index contributed by atoms with van der Waals surface area (Å²) >= 11 is 1.29. The minimum atomic E-state index is -0.472. The number of carbonyl (C=O) groups excluding carboxylic acids is 1. The number of thiazole rings is 1. The molecule has 0 spiro atoms. The third-order valence-electron chi connectivity index (χ3n) is 2.91. The molecule has 0 saturated carbocycles. The van der Waals surface area contributed by atoms with E-state index in [2.05, 4.69) is 20.3 Å². The van der Waals surface area contributed by atoms with E-state index < -0.39 is 11.7 Å². The van der Waals surface area contributed by atoms with Crippen LogP contribution in [0.4, 0.5) is 9.52 Å². The average molecular weight is 314 g/mol.